The summed E-state index contributed by atoms with van der Waals surface area (Å²) in [6.07, 6.45) is 1.18. The monoisotopic (exact) mass is 457 g/mol. The van der Waals surface area contributed by atoms with E-state index in [0.717, 1.165) is 49.4 Å². The van der Waals surface area contributed by atoms with Gasteiger partial charge in [-0.1, -0.05) is 11.6 Å². The molecular formula is C21H23ClF3N3OS. The molecule has 2 aliphatic rings. The number of rotatable bonds is 5. The molecule has 0 bridgehead atoms. The maximum absolute atomic E-state index is 13.5. The molecule has 3 heterocycles. The van der Waals surface area contributed by atoms with Crippen LogP contribution in [0.25, 0.3) is 0 Å². The number of alkyl halides is 3. The molecule has 2 fully saturated rings. The molecule has 0 saturated carbocycles. The van der Waals surface area contributed by atoms with Gasteiger partial charge < -0.3 is 9.80 Å². The van der Waals surface area contributed by atoms with Gasteiger partial charge in [-0.3, -0.25) is 4.79 Å². The number of nitrogens with zero attached hydrogens (tertiary/aromatic N) is 3. The Morgan fingerprint density at radius 3 is 2.43 bits per heavy atom. The molecule has 9 heteroatoms. The maximum Gasteiger partial charge on any atom is 0.416 e. The fourth-order valence-electron chi connectivity index (χ4n) is 4.32. The predicted octanol–water partition coefficient (Wildman–Crippen LogP) is 5.31. The van der Waals surface area contributed by atoms with Crippen LogP contribution in [0.15, 0.2) is 24.4 Å². The molecule has 1 aromatic carbocycles. The number of carbonyl (C=O) groups excluding carboxylic acids is 1. The van der Waals surface area contributed by atoms with E-state index in [2.05, 4.69) is 9.88 Å². The van der Waals surface area contributed by atoms with Crippen LogP contribution in [0.4, 0.5) is 18.9 Å². The van der Waals surface area contributed by atoms with Gasteiger partial charge in [0, 0.05) is 30.4 Å². The van der Waals surface area contributed by atoms with Crippen molar-refractivity contribution in [2.45, 2.75) is 44.3 Å². The smallest absolute Gasteiger partial charge is 0.371 e. The lowest BCUT2D eigenvalue weighted by Gasteiger charge is -2.38. The molecule has 0 aliphatic carbocycles. The highest BCUT2D eigenvalue weighted by molar-refractivity contribution is 7.15. The van der Waals surface area contributed by atoms with Crippen molar-refractivity contribution >= 4 is 34.4 Å². The Morgan fingerprint density at radius 1 is 1.13 bits per heavy atom. The zero-order valence-corrected chi connectivity index (χ0v) is 18.0. The molecule has 0 spiro atoms. The van der Waals surface area contributed by atoms with E-state index in [0.29, 0.717) is 34.2 Å². The number of carbonyl (C=O) groups is 1. The lowest BCUT2D eigenvalue weighted by molar-refractivity contribution is -0.137. The Morgan fingerprint density at radius 2 is 1.83 bits per heavy atom. The first-order chi connectivity index (χ1) is 14.3. The van der Waals surface area contributed by atoms with Crippen LogP contribution in [0.1, 0.15) is 46.6 Å². The molecule has 30 heavy (non-hydrogen) atoms. The Hall–Kier alpha value is -1.64. The summed E-state index contributed by atoms with van der Waals surface area (Å²) in [7, 11) is 0. The van der Waals surface area contributed by atoms with E-state index in [1.807, 2.05) is 4.90 Å². The van der Waals surface area contributed by atoms with E-state index in [4.69, 9.17) is 11.6 Å². The fraction of sp³-hybridized carbons (Fsp3) is 0.524. The molecule has 0 radical (unpaired) electrons. The highest BCUT2D eigenvalue weighted by atomic mass is 35.5. The topological polar surface area (TPSA) is 36.4 Å². The Labute approximate surface area is 182 Å². The van der Waals surface area contributed by atoms with Crippen molar-refractivity contribution in [3.05, 3.63) is 44.9 Å². The zero-order valence-electron chi connectivity index (χ0n) is 16.4. The molecule has 2 aromatic rings. The number of ketones is 1. The second-order valence-corrected chi connectivity index (χ2v) is 9.63. The third-order valence-electron chi connectivity index (χ3n) is 5.89. The number of hydrogen-bond acceptors (Lipinski definition) is 5. The molecule has 4 rings (SSSR count). The van der Waals surface area contributed by atoms with Gasteiger partial charge in [0.25, 0.3) is 0 Å². The molecule has 0 amide bonds. The van der Waals surface area contributed by atoms with Crippen LogP contribution in [-0.2, 0) is 12.6 Å². The van der Waals surface area contributed by atoms with E-state index in [-0.39, 0.29) is 17.8 Å². The fourth-order valence-corrected chi connectivity index (χ4v) is 5.28. The van der Waals surface area contributed by atoms with E-state index < -0.39 is 11.7 Å². The SMILES string of the molecule is O=C(Cc1ncc(Cl)s1)c1cc(N2CCC(N3CCCC3)CC2)cc(C(F)(F)F)c1. The van der Waals surface area contributed by atoms with Crippen LogP contribution in [0, 0.1) is 0 Å². The van der Waals surface area contributed by atoms with Crippen molar-refractivity contribution in [2.75, 3.05) is 31.1 Å². The lowest BCUT2D eigenvalue weighted by Crippen LogP contribution is -2.44. The summed E-state index contributed by atoms with van der Waals surface area (Å²) >= 11 is 7.01. The van der Waals surface area contributed by atoms with Crippen LogP contribution in [0.5, 0.6) is 0 Å². The van der Waals surface area contributed by atoms with E-state index in [9.17, 15) is 18.0 Å². The summed E-state index contributed by atoms with van der Waals surface area (Å²) in [6, 6.07) is 4.19. The number of likely N-dealkylation sites (tertiary alicyclic amines) is 1. The molecule has 2 aliphatic heterocycles. The largest absolute Gasteiger partial charge is 0.416 e. The van der Waals surface area contributed by atoms with Crippen molar-refractivity contribution < 1.29 is 18.0 Å². The maximum atomic E-state index is 13.5. The van der Waals surface area contributed by atoms with Crippen molar-refractivity contribution in [3.8, 4) is 0 Å². The quantitative estimate of drug-likeness (QED) is 0.570. The van der Waals surface area contributed by atoms with Crippen LogP contribution in [0.3, 0.4) is 0 Å². The molecule has 0 N–H and O–H groups in total. The number of hydrogen-bond donors (Lipinski definition) is 0. The van der Waals surface area contributed by atoms with Gasteiger partial charge >= 0.3 is 6.18 Å². The summed E-state index contributed by atoms with van der Waals surface area (Å²) < 4.78 is 41.0. The Balaban J connectivity index is 1.53. The van der Waals surface area contributed by atoms with Gasteiger partial charge in [-0.05, 0) is 57.0 Å². The lowest BCUT2D eigenvalue weighted by atomic mass is 9.99. The summed E-state index contributed by atoms with van der Waals surface area (Å²) in [4.78, 5) is 21.2. The van der Waals surface area contributed by atoms with E-state index in [1.165, 1.54) is 19.0 Å². The van der Waals surface area contributed by atoms with Crippen molar-refractivity contribution in [1.82, 2.24) is 9.88 Å². The number of anilines is 1. The second-order valence-electron chi connectivity index (χ2n) is 7.89. The number of piperidine rings is 1. The first-order valence-electron chi connectivity index (χ1n) is 10.1. The van der Waals surface area contributed by atoms with Crippen LogP contribution >= 0.6 is 22.9 Å². The van der Waals surface area contributed by atoms with E-state index >= 15 is 0 Å². The number of halogens is 4. The molecule has 0 atom stereocenters. The zero-order chi connectivity index (χ0) is 21.3. The number of thiazole rings is 1. The van der Waals surface area contributed by atoms with E-state index in [1.54, 1.807) is 6.07 Å². The predicted molar refractivity (Wildman–Crippen MR) is 113 cm³/mol. The minimum atomic E-state index is -4.51. The normalized spacial score (nSPS) is 18.9. The van der Waals surface area contributed by atoms with Crippen LogP contribution in [-0.4, -0.2) is 47.9 Å². The summed E-state index contributed by atoms with van der Waals surface area (Å²) in [5.41, 5.74) is -0.264. The van der Waals surface area contributed by atoms with Gasteiger partial charge in [-0.2, -0.15) is 13.2 Å². The van der Waals surface area contributed by atoms with Gasteiger partial charge in [0.1, 0.15) is 9.34 Å². The molecule has 162 valence electrons. The summed E-state index contributed by atoms with van der Waals surface area (Å²) in [5.74, 6) is -0.389. The highest BCUT2D eigenvalue weighted by Crippen LogP contribution is 2.35. The Bertz CT molecular complexity index is 903. The van der Waals surface area contributed by atoms with Gasteiger partial charge in [0.15, 0.2) is 5.78 Å². The summed E-state index contributed by atoms with van der Waals surface area (Å²) in [5, 5.41) is 0.496. The van der Waals surface area contributed by atoms with Gasteiger partial charge in [0.2, 0.25) is 0 Å². The van der Waals surface area contributed by atoms with Crippen molar-refractivity contribution in [2.24, 2.45) is 0 Å². The van der Waals surface area contributed by atoms with Gasteiger partial charge in [-0.15, -0.1) is 11.3 Å². The van der Waals surface area contributed by atoms with Crippen LogP contribution < -0.4 is 4.90 Å². The van der Waals surface area contributed by atoms with Gasteiger partial charge in [-0.25, -0.2) is 4.98 Å². The molecule has 4 nitrogen and oxygen atoms in total. The first-order valence-corrected chi connectivity index (χ1v) is 11.3. The molecule has 0 unspecified atom stereocenters. The Kier molecular flexibility index (Phi) is 6.36. The average Bonchev–Trinajstić information content (AvgIpc) is 3.39. The van der Waals surface area contributed by atoms with Crippen LogP contribution in [0.2, 0.25) is 4.34 Å². The van der Waals surface area contributed by atoms with Gasteiger partial charge in [0.05, 0.1) is 18.2 Å². The standard InChI is InChI=1S/C21H23ClF3N3OS/c22-19-13-26-20(30-19)12-18(29)14-9-15(21(23,24)25)11-17(10-14)28-7-3-16(4-8-28)27-5-1-2-6-27/h9-11,13,16H,1-8,12H2. The molecule has 1 aromatic heterocycles. The van der Waals surface area contributed by atoms with Crippen molar-refractivity contribution in [1.29, 1.82) is 0 Å². The van der Waals surface area contributed by atoms with Crippen molar-refractivity contribution in [3.63, 3.8) is 0 Å². The summed E-state index contributed by atoms with van der Waals surface area (Å²) in [6.45, 7) is 3.62. The number of benzene rings is 1. The minimum Gasteiger partial charge on any atom is -0.371 e. The number of Topliss-reactive ketones (excluding diaryl/α,β-unsaturated/α-hetero) is 1. The third kappa shape index (κ3) is 4.98. The molecule has 2 saturated heterocycles. The number of aromatic nitrogens is 1. The minimum absolute atomic E-state index is 0.0603. The molecular weight excluding hydrogens is 435 g/mol. The third-order valence-corrected chi connectivity index (χ3v) is 7.01. The average molecular weight is 458 g/mol. The highest BCUT2D eigenvalue weighted by Gasteiger charge is 2.33. The second kappa shape index (κ2) is 8.85. The first kappa shape index (κ1) is 21.6.